The maximum atomic E-state index is 12.7. The number of anilines is 1. The van der Waals surface area contributed by atoms with E-state index in [2.05, 4.69) is 12.2 Å². The summed E-state index contributed by atoms with van der Waals surface area (Å²) in [7, 11) is -3.31. The van der Waals surface area contributed by atoms with Gasteiger partial charge in [0.05, 0.1) is 4.90 Å². The van der Waals surface area contributed by atoms with E-state index in [0.717, 1.165) is 43.5 Å². The summed E-state index contributed by atoms with van der Waals surface area (Å²) in [6.45, 7) is 4.41. The minimum Gasteiger partial charge on any atom is -0.384 e. The Hall–Kier alpha value is -1.07. The SMILES string of the molecule is CCC1CCN(S(=O)(=O)c2ccc3c(c2)CCN3)CC1. The molecule has 0 saturated carbocycles. The first-order valence-electron chi connectivity index (χ1n) is 7.48. The lowest BCUT2D eigenvalue weighted by molar-refractivity contribution is 0.269. The Kier molecular flexibility index (Phi) is 3.73. The highest BCUT2D eigenvalue weighted by atomic mass is 32.2. The molecule has 1 N–H and O–H groups in total. The number of hydrogen-bond acceptors (Lipinski definition) is 3. The molecule has 3 rings (SSSR count). The van der Waals surface area contributed by atoms with Crippen LogP contribution in [0.15, 0.2) is 23.1 Å². The summed E-state index contributed by atoms with van der Waals surface area (Å²) in [4.78, 5) is 0.454. The van der Waals surface area contributed by atoms with Gasteiger partial charge in [-0.1, -0.05) is 13.3 Å². The molecular weight excluding hydrogens is 272 g/mol. The highest BCUT2D eigenvalue weighted by Crippen LogP contribution is 2.29. The summed E-state index contributed by atoms with van der Waals surface area (Å²) in [5.74, 6) is 0.686. The summed E-state index contributed by atoms with van der Waals surface area (Å²) < 4.78 is 27.0. The molecule has 2 heterocycles. The van der Waals surface area contributed by atoms with Gasteiger partial charge in [-0.15, -0.1) is 0 Å². The minimum absolute atomic E-state index is 0.454. The lowest BCUT2D eigenvalue weighted by atomic mass is 9.96. The van der Waals surface area contributed by atoms with Gasteiger partial charge in [-0.05, 0) is 48.9 Å². The van der Waals surface area contributed by atoms with Gasteiger partial charge in [-0.25, -0.2) is 8.42 Å². The number of fused-ring (bicyclic) bond motifs is 1. The van der Waals surface area contributed by atoms with E-state index < -0.39 is 10.0 Å². The third kappa shape index (κ3) is 2.44. The van der Waals surface area contributed by atoms with Crippen LogP contribution in [-0.4, -0.2) is 32.4 Å². The Morgan fingerprint density at radius 1 is 1.30 bits per heavy atom. The number of benzene rings is 1. The lowest BCUT2D eigenvalue weighted by Crippen LogP contribution is -2.38. The Bertz CT molecular complexity index is 590. The van der Waals surface area contributed by atoms with Crippen molar-refractivity contribution >= 4 is 15.7 Å². The highest BCUT2D eigenvalue weighted by Gasteiger charge is 2.29. The van der Waals surface area contributed by atoms with E-state index in [4.69, 9.17) is 0 Å². The van der Waals surface area contributed by atoms with Gasteiger partial charge < -0.3 is 5.32 Å². The molecule has 20 heavy (non-hydrogen) atoms. The molecule has 0 spiro atoms. The van der Waals surface area contributed by atoms with Crippen molar-refractivity contribution in [2.45, 2.75) is 37.5 Å². The van der Waals surface area contributed by atoms with Gasteiger partial charge in [0.15, 0.2) is 0 Å². The lowest BCUT2D eigenvalue weighted by Gasteiger charge is -2.30. The van der Waals surface area contributed by atoms with E-state index in [9.17, 15) is 8.42 Å². The Morgan fingerprint density at radius 2 is 2.05 bits per heavy atom. The van der Waals surface area contributed by atoms with E-state index in [-0.39, 0.29) is 0 Å². The fourth-order valence-corrected chi connectivity index (χ4v) is 4.67. The maximum Gasteiger partial charge on any atom is 0.243 e. The monoisotopic (exact) mass is 294 g/mol. The number of piperidine rings is 1. The fraction of sp³-hybridized carbons (Fsp3) is 0.600. The van der Waals surface area contributed by atoms with Crippen LogP contribution in [0, 0.1) is 5.92 Å². The molecule has 0 aliphatic carbocycles. The first-order valence-corrected chi connectivity index (χ1v) is 8.92. The number of rotatable bonds is 3. The van der Waals surface area contributed by atoms with Crippen molar-refractivity contribution in [2.75, 3.05) is 25.0 Å². The summed E-state index contributed by atoms with van der Waals surface area (Å²) in [5.41, 5.74) is 2.20. The number of nitrogens with one attached hydrogen (secondary N) is 1. The Balaban J connectivity index is 1.82. The molecule has 110 valence electrons. The largest absolute Gasteiger partial charge is 0.384 e. The molecule has 4 nitrogen and oxygen atoms in total. The Morgan fingerprint density at radius 3 is 2.75 bits per heavy atom. The van der Waals surface area contributed by atoms with Crippen LogP contribution in [0.5, 0.6) is 0 Å². The van der Waals surface area contributed by atoms with Gasteiger partial charge >= 0.3 is 0 Å². The molecule has 2 aliphatic rings. The van der Waals surface area contributed by atoms with E-state index in [1.807, 2.05) is 12.1 Å². The van der Waals surface area contributed by atoms with Crippen LogP contribution in [0.3, 0.4) is 0 Å². The molecule has 1 saturated heterocycles. The van der Waals surface area contributed by atoms with Gasteiger partial charge in [0, 0.05) is 25.3 Å². The van der Waals surface area contributed by atoms with Crippen molar-refractivity contribution in [1.29, 1.82) is 0 Å². The molecule has 1 aromatic rings. The molecule has 0 atom stereocenters. The van der Waals surface area contributed by atoms with Crippen molar-refractivity contribution in [3.05, 3.63) is 23.8 Å². The van der Waals surface area contributed by atoms with Crippen LogP contribution in [-0.2, 0) is 16.4 Å². The smallest absolute Gasteiger partial charge is 0.243 e. The van der Waals surface area contributed by atoms with Crippen LogP contribution >= 0.6 is 0 Å². The summed E-state index contributed by atoms with van der Waals surface area (Å²) in [6.07, 6.45) is 4.04. The third-order valence-corrected chi connectivity index (χ3v) is 6.47. The number of sulfonamides is 1. The standard InChI is InChI=1S/C15H22N2O2S/c1-2-12-6-9-17(10-7-12)20(18,19)14-3-4-15-13(11-14)5-8-16-15/h3-4,11-12,16H,2,5-10H2,1H3. The molecule has 1 fully saturated rings. The van der Waals surface area contributed by atoms with Gasteiger partial charge in [0.2, 0.25) is 10.0 Å². The molecule has 5 heteroatoms. The highest BCUT2D eigenvalue weighted by molar-refractivity contribution is 7.89. The van der Waals surface area contributed by atoms with Gasteiger partial charge in [0.25, 0.3) is 0 Å². The number of nitrogens with zero attached hydrogens (tertiary/aromatic N) is 1. The summed E-state index contributed by atoms with van der Waals surface area (Å²) in [5, 5.41) is 3.26. The van der Waals surface area contributed by atoms with Crippen LogP contribution in [0.25, 0.3) is 0 Å². The van der Waals surface area contributed by atoms with Crippen molar-refractivity contribution < 1.29 is 8.42 Å². The first kappa shape index (κ1) is 13.9. The average Bonchev–Trinajstić information content (AvgIpc) is 2.94. The molecule has 0 radical (unpaired) electrons. The van der Waals surface area contributed by atoms with Crippen LogP contribution in [0.2, 0.25) is 0 Å². The predicted octanol–water partition coefficient (Wildman–Crippen LogP) is 2.47. The molecule has 0 bridgehead atoms. The maximum absolute atomic E-state index is 12.7. The first-order chi connectivity index (χ1) is 9.61. The molecule has 2 aliphatic heterocycles. The zero-order valence-corrected chi connectivity index (χ0v) is 12.7. The van der Waals surface area contributed by atoms with Crippen LogP contribution in [0.4, 0.5) is 5.69 Å². The van der Waals surface area contributed by atoms with Crippen molar-refractivity contribution in [3.8, 4) is 0 Å². The van der Waals surface area contributed by atoms with Crippen molar-refractivity contribution in [3.63, 3.8) is 0 Å². The van der Waals surface area contributed by atoms with Crippen molar-refractivity contribution in [2.24, 2.45) is 5.92 Å². The van der Waals surface area contributed by atoms with E-state index in [1.165, 1.54) is 0 Å². The third-order valence-electron chi connectivity index (χ3n) is 4.58. The second kappa shape index (κ2) is 5.37. The predicted molar refractivity (Wildman–Crippen MR) is 80.4 cm³/mol. The average molecular weight is 294 g/mol. The van der Waals surface area contributed by atoms with Gasteiger partial charge in [0.1, 0.15) is 0 Å². The van der Waals surface area contributed by atoms with Crippen LogP contribution in [0.1, 0.15) is 31.7 Å². The minimum atomic E-state index is -3.31. The topological polar surface area (TPSA) is 49.4 Å². The molecular formula is C15H22N2O2S. The Labute approximate surface area is 121 Å². The fourth-order valence-electron chi connectivity index (χ4n) is 3.15. The van der Waals surface area contributed by atoms with E-state index in [0.29, 0.717) is 23.9 Å². The number of hydrogen-bond donors (Lipinski definition) is 1. The van der Waals surface area contributed by atoms with Crippen molar-refractivity contribution in [1.82, 2.24) is 4.31 Å². The zero-order chi connectivity index (χ0) is 14.2. The second-order valence-corrected chi connectivity index (χ2v) is 7.69. The van der Waals surface area contributed by atoms with Crippen LogP contribution < -0.4 is 5.32 Å². The second-order valence-electron chi connectivity index (χ2n) is 5.75. The summed E-state index contributed by atoms with van der Waals surface area (Å²) in [6, 6.07) is 5.48. The molecule has 0 unspecified atom stereocenters. The quantitative estimate of drug-likeness (QED) is 0.931. The van der Waals surface area contributed by atoms with E-state index >= 15 is 0 Å². The molecule has 0 amide bonds. The summed E-state index contributed by atoms with van der Waals surface area (Å²) >= 11 is 0. The molecule has 0 aromatic heterocycles. The normalized spacial score (nSPS) is 20.6. The van der Waals surface area contributed by atoms with Gasteiger partial charge in [-0.3, -0.25) is 0 Å². The zero-order valence-electron chi connectivity index (χ0n) is 11.9. The molecule has 1 aromatic carbocycles. The van der Waals surface area contributed by atoms with Gasteiger partial charge in [-0.2, -0.15) is 4.31 Å². The van der Waals surface area contributed by atoms with E-state index in [1.54, 1.807) is 10.4 Å².